The molecule has 2 heterocycles. The normalized spacial score (nSPS) is 15.7. The molecule has 3 nitrogen and oxygen atoms in total. The summed E-state index contributed by atoms with van der Waals surface area (Å²) in [6.45, 7) is 8.39. The molecule has 0 fully saturated rings. The minimum atomic E-state index is -0.971. The number of hydrogen-bond acceptors (Lipinski definition) is 3. The molecule has 0 bridgehead atoms. The van der Waals surface area contributed by atoms with Crippen LogP contribution in [-0.2, 0) is 10.3 Å². The molecule has 3 aromatic carbocycles. The van der Waals surface area contributed by atoms with Crippen LogP contribution in [0.4, 0.5) is 0 Å². The van der Waals surface area contributed by atoms with E-state index in [4.69, 9.17) is 9.47 Å². The summed E-state index contributed by atoms with van der Waals surface area (Å²) in [5.74, 6) is 1.56. The summed E-state index contributed by atoms with van der Waals surface area (Å²) in [4.78, 5) is 12.9. The zero-order valence-corrected chi connectivity index (χ0v) is 16.5. The molecule has 5 rings (SSSR count). The summed E-state index contributed by atoms with van der Waals surface area (Å²) >= 11 is 0. The predicted molar refractivity (Wildman–Crippen MR) is 108 cm³/mol. The van der Waals surface area contributed by atoms with Crippen molar-refractivity contribution in [3.8, 4) is 11.5 Å². The average molecular weight is 370 g/mol. The molecule has 0 saturated carbocycles. The Bertz CT molecular complexity index is 1090. The number of fused-ring (bicyclic) bond motifs is 6. The van der Waals surface area contributed by atoms with Crippen LogP contribution in [-0.4, -0.2) is 5.97 Å². The summed E-state index contributed by atoms with van der Waals surface area (Å²) in [6.07, 6.45) is 0. The molecule has 0 amide bonds. The van der Waals surface area contributed by atoms with Gasteiger partial charge in [-0.3, -0.25) is 0 Å². The Morgan fingerprint density at radius 3 is 1.96 bits per heavy atom. The van der Waals surface area contributed by atoms with Crippen molar-refractivity contribution in [3.63, 3.8) is 0 Å². The largest absolute Gasteiger partial charge is 0.456 e. The molecule has 1 spiro atoms. The molecule has 2 aliphatic heterocycles. The van der Waals surface area contributed by atoms with E-state index in [1.54, 1.807) is 0 Å². The van der Waals surface area contributed by atoms with Crippen LogP contribution in [0.5, 0.6) is 11.5 Å². The fraction of sp³-hybridized carbons (Fsp3) is 0.240. The lowest BCUT2D eigenvalue weighted by Crippen LogP contribution is -2.33. The van der Waals surface area contributed by atoms with E-state index in [1.807, 2.05) is 62.4 Å². The third-order valence-electron chi connectivity index (χ3n) is 5.81. The number of aryl methyl sites for hydroxylation is 2. The smallest absolute Gasteiger partial charge is 0.340 e. The molecule has 140 valence electrons. The zero-order valence-electron chi connectivity index (χ0n) is 16.5. The molecule has 28 heavy (non-hydrogen) atoms. The van der Waals surface area contributed by atoms with Crippen molar-refractivity contribution in [3.05, 3.63) is 93.5 Å². The van der Waals surface area contributed by atoms with Gasteiger partial charge in [-0.2, -0.15) is 0 Å². The highest BCUT2D eigenvalue weighted by Gasteiger charge is 2.53. The Hall–Kier alpha value is -3.07. The Morgan fingerprint density at radius 2 is 1.39 bits per heavy atom. The van der Waals surface area contributed by atoms with E-state index in [-0.39, 0.29) is 5.97 Å². The van der Waals surface area contributed by atoms with Crippen LogP contribution in [0.3, 0.4) is 0 Å². The van der Waals surface area contributed by atoms with Gasteiger partial charge in [0.15, 0.2) is 5.60 Å². The number of hydrogen-bond donors (Lipinski definition) is 0. The molecule has 0 unspecified atom stereocenters. The summed E-state index contributed by atoms with van der Waals surface area (Å²) in [7, 11) is 0. The van der Waals surface area contributed by atoms with Crippen molar-refractivity contribution in [1.29, 1.82) is 0 Å². The Kier molecular flexibility index (Phi) is 3.48. The first-order chi connectivity index (χ1) is 13.4. The van der Waals surface area contributed by atoms with Gasteiger partial charge < -0.3 is 9.47 Å². The molecule has 0 N–H and O–H groups in total. The maximum atomic E-state index is 12.9. The quantitative estimate of drug-likeness (QED) is 0.493. The van der Waals surface area contributed by atoms with E-state index in [0.29, 0.717) is 11.5 Å². The standard InChI is InChI=1S/C25H22O3/c1-14(2)17-7-8-18-21(13-17)25(28-24(18)26)19-9-5-15(3)11-22(19)27-23-12-16(4)6-10-20(23)25/h5-14H,1-4H3. The summed E-state index contributed by atoms with van der Waals surface area (Å²) < 4.78 is 12.5. The summed E-state index contributed by atoms with van der Waals surface area (Å²) in [5.41, 5.74) is 5.71. The van der Waals surface area contributed by atoms with Crippen molar-refractivity contribution in [2.45, 2.75) is 39.2 Å². The molecule has 0 aromatic heterocycles. The number of esters is 1. The maximum absolute atomic E-state index is 12.9. The van der Waals surface area contributed by atoms with Crippen molar-refractivity contribution in [1.82, 2.24) is 0 Å². The second-order valence-electron chi connectivity index (χ2n) is 8.13. The van der Waals surface area contributed by atoms with E-state index in [0.717, 1.165) is 39.3 Å². The topological polar surface area (TPSA) is 35.5 Å². The number of carbonyl (C=O) groups is 1. The number of rotatable bonds is 1. The highest BCUT2D eigenvalue weighted by molar-refractivity contribution is 5.97. The van der Waals surface area contributed by atoms with Crippen molar-refractivity contribution >= 4 is 5.97 Å². The highest BCUT2D eigenvalue weighted by atomic mass is 16.6. The van der Waals surface area contributed by atoms with Gasteiger partial charge in [0.25, 0.3) is 0 Å². The van der Waals surface area contributed by atoms with E-state index in [2.05, 4.69) is 19.9 Å². The number of carbonyl (C=O) groups excluding carboxylic acids is 1. The first-order valence-corrected chi connectivity index (χ1v) is 9.68. The lowest BCUT2D eigenvalue weighted by molar-refractivity contribution is 0.0224. The molecule has 0 radical (unpaired) electrons. The third-order valence-corrected chi connectivity index (χ3v) is 5.81. The van der Waals surface area contributed by atoms with Crippen LogP contribution in [0.25, 0.3) is 0 Å². The molecule has 0 atom stereocenters. The number of ether oxygens (including phenoxy) is 2. The fourth-order valence-electron chi connectivity index (χ4n) is 4.31. The van der Waals surface area contributed by atoms with Crippen molar-refractivity contribution in [2.75, 3.05) is 0 Å². The van der Waals surface area contributed by atoms with E-state index in [9.17, 15) is 4.79 Å². The lowest BCUT2D eigenvalue weighted by atomic mass is 9.76. The van der Waals surface area contributed by atoms with Crippen LogP contribution in [0, 0.1) is 13.8 Å². The van der Waals surface area contributed by atoms with Gasteiger partial charge in [-0.05, 0) is 60.7 Å². The Balaban J connectivity index is 1.89. The summed E-state index contributed by atoms with van der Waals surface area (Å²) in [6, 6.07) is 18.2. The molecular formula is C25H22O3. The Morgan fingerprint density at radius 1 is 0.786 bits per heavy atom. The van der Waals surface area contributed by atoms with Gasteiger partial charge in [-0.15, -0.1) is 0 Å². The molecule has 3 heteroatoms. The predicted octanol–water partition coefficient (Wildman–Crippen LogP) is 5.99. The van der Waals surface area contributed by atoms with Crippen LogP contribution >= 0.6 is 0 Å². The van der Waals surface area contributed by atoms with Gasteiger partial charge in [0, 0.05) is 16.7 Å². The third kappa shape index (κ3) is 2.19. The van der Waals surface area contributed by atoms with Crippen LogP contribution in [0.1, 0.15) is 63.5 Å². The Labute approximate surface area is 164 Å². The minimum Gasteiger partial charge on any atom is -0.456 e. The zero-order chi connectivity index (χ0) is 19.6. The lowest BCUT2D eigenvalue weighted by Gasteiger charge is -2.37. The van der Waals surface area contributed by atoms with Gasteiger partial charge in [-0.1, -0.05) is 44.2 Å². The van der Waals surface area contributed by atoms with Gasteiger partial charge in [0.1, 0.15) is 11.5 Å². The van der Waals surface area contributed by atoms with Gasteiger partial charge in [0.2, 0.25) is 0 Å². The minimum absolute atomic E-state index is 0.287. The second-order valence-corrected chi connectivity index (χ2v) is 8.13. The summed E-state index contributed by atoms with van der Waals surface area (Å²) in [5, 5.41) is 0. The molecule has 3 aromatic rings. The van der Waals surface area contributed by atoms with Crippen LogP contribution < -0.4 is 4.74 Å². The highest BCUT2D eigenvalue weighted by Crippen LogP contribution is 2.56. The SMILES string of the molecule is Cc1ccc2c(c1)Oc1cc(C)ccc1C21OC(=O)c2ccc(C(C)C)cc21. The molecule has 0 aliphatic carbocycles. The first-order valence-electron chi connectivity index (χ1n) is 9.68. The molecule has 0 saturated heterocycles. The average Bonchev–Trinajstić information content (AvgIpc) is 2.94. The molecule has 2 aliphatic rings. The van der Waals surface area contributed by atoms with Crippen LogP contribution in [0.2, 0.25) is 0 Å². The van der Waals surface area contributed by atoms with E-state index >= 15 is 0 Å². The molecular weight excluding hydrogens is 348 g/mol. The maximum Gasteiger partial charge on any atom is 0.340 e. The monoisotopic (exact) mass is 370 g/mol. The van der Waals surface area contributed by atoms with Crippen LogP contribution in [0.15, 0.2) is 54.6 Å². The fourth-order valence-corrected chi connectivity index (χ4v) is 4.31. The van der Waals surface area contributed by atoms with Gasteiger partial charge in [0.05, 0.1) is 5.56 Å². The van der Waals surface area contributed by atoms with E-state index < -0.39 is 5.60 Å². The first kappa shape index (κ1) is 17.1. The van der Waals surface area contributed by atoms with Crippen molar-refractivity contribution < 1.29 is 14.3 Å². The number of benzene rings is 3. The van der Waals surface area contributed by atoms with Gasteiger partial charge in [-0.25, -0.2) is 4.79 Å². The second kappa shape index (κ2) is 5.71. The van der Waals surface area contributed by atoms with Gasteiger partial charge >= 0.3 is 5.97 Å². The van der Waals surface area contributed by atoms with E-state index in [1.165, 1.54) is 5.56 Å². The van der Waals surface area contributed by atoms with Crippen molar-refractivity contribution in [2.24, 2.45) is 0 Å².